The van der Waals surface area contributed by atoms with Crippen LogP contribution in [-0.2, 0) is 11.3 Å². The van der Waals surface area contributed by atoms with Crippen LogP contribution in [0.4, 0.5) is 10.5 Å². The van der Waals surface area contributed by atoms with Crippen molar-refractivity contribution in [1.29, 1.82) is 0 Å². The largest absolute Gasteiger partial charge is 0.449 e. The summed E-state index contributed by atoms with van der Waals surface area (Å²) in [4.78, 5) is 16.4. The highest BCUT2D eigenvalue weighted by molar-refractivity contribution is 6.31. The van der Waals surface area contributed by atoms with Crippen LogP contribution in [0.5, 0.6) is 0 Å². The Morgan fingerprint density at radius 1 is 1.38 bits per heavy atom. The highest BCUT2D eigenvalue weighted by atomic mass is 35.5. The van der Waals surface area contributed by atoms with E-state index in [0.29, 0.717) is 24.1 Å². The average molecular weight is 352 g/mol. The molecule has 1 atom stereocenters. The van der Waals surface area contributed by atoms with Gasteiger partial charge in [-0.3, -0.25) is 4.90 Å². The average Bonchev–Trinajstić information content (AvgIpc) is 3.34. The molecule has 24 heavy (non-hydrogen) atoms. The van der Waals surface area contributed by atoms with Crippen LogP contribution in [0.25, 0.3) is 0 Å². The lowest BCUT2D eigenvalue weighted by atomic mass is 10.1. The number of carbonyl (C=O) groups excluding carboxylic acids is 1. The zero-order chi connectivity index (χ0) is 17.3. The second-order valence-corrected chi connectivity index (χ2v) is 7.51. The van der Waals surface area contributed by atoms with E-state index in [2.05, 4.69) is 11.8 Å². The van der Waals surface area contributed by atoms with E-state index >= 15 is 0 Å². The minimum Gasteiger partial charge on any atom is -0.449 e. The maximum atomic E-state index is 12.2. The highest BCUT2D eigenvalue weighted by Crippen LogP contribution is 2.29. The summed E-state index contributed by atoms with van der Waals surface area (Å²) in [6.45, 7) is 7.82. The summed E-state index contributed by atoms with van der Waals surface area (Å²) in [5, 5.41) is 0.670. The van der Waals surface area contributed by atoms with Gasteiger partial charge in [-0.15, -0.1) is 0 Å². The van der Waals surface area contributed by atoms with Crippen LogP contribution >= 0.6 is 11.6 Å². The van der Waals surface area contributed by atoms with Gasteiger partial charge in [-0.05, 0) is 55.9 Å². The number of piperazine rings is 1. The molecule has 1 aromatic carbocycles. The zero-order valence-electron chi connectivity index (χ0n) is 14.4. The number of halogens is 1. The van der Waals surface area contributed by atoms with E-state index in [9.17, 15) is 4.79 Å². The van der Waals surface area contributed by atoms with Gasteiger partial charge < -0.3 is 15.4 Å². The van der Waals surface area contributed by atoms with Crippen molar-refractivity contribution in [1.82, 2.24) is 9.80 Å². The third kappa shape index (κ3) is 4.14. The Kier molecular flexibility index (Phi) is 5.21. The van der Waals surface area contributed by atoms with E-state index in [1.807, 2.05) is 17.9 Å². The van der Waals surface area contributed by atoms with Crippen molar-refractivity contribution in [3.8, 4) is 0 Å². The van der Waals surface area contributed by atoms with Crippen molar-refractivity contribution in [3.05, 3.63) is 28.3 Å². The molecule has 1 heterocycles. The monoisotopic (exact) mass is 351 g/mol. The lowest BCUT2D eigenvalue weighted by Crippen LogP contribution is -2.53. The minimum absolute atomic E-state index is 0.141. The molecule has 6 heteroatoms. The number of hydrogen-bond acceptors (Lipinski definition) is 4. The van der Waals surface area contributed by atoms with Crippen molar-refractivity contribution in [2.75, 3.05) is 32.0 Å². The van der Waals surface area contributed by atoms with Gasteiger partial charge in [0, 0.05) is 42.9 Å². The minimum atomic E-state index is -0.169. The van der Waals surface area contributed by atoms with Crippen molar-refractivity contribution >= 4 is 23.4 Å². The number of nitrogens with two attached hydrogens (primary N) is 1. The van der Waals surface area contributed by atoms with Crippen LogP contribution in [-0.4, -0.2) is 48.2 Å². The number of ether oxygens (including phenoxy) is 1. The van der Waals surface area contributed by atoms with Gasteiger partial charge in [-0.25, -0.2) is 4.79 Å². The summed E-state index contributed by atoms with van der Waals surface area (Å²) >= 11 is 6.13. The number of anilines is 1. The predicted molar refractivity (Wildman–Crippen MR) is 96.1 cm³/mol. The molecule has 2 aliphatic rings. The molecule has 132 valence electrons. The summed E-state index contributed by atoms with van der Waals surface area (Å²) in [6, 6.07) is 3.91. The van der Waals surface area contributed by atoms with Gasteiger partial charge in [0.25, 0.3) is 0 Å². The number of nitrogen functional groups attached to an aromatic ring is 1. The summed E-state index contributed by atoms with van der Waals surface area (Å²) < 4.78 is 5.41. The van der Waals surface area contributed by atoms with Gasteiger partial charge in [0.05, 0.1) is 6.61 Å². The number of amides is 1. The lowest BCUT2D eigenvalue weighted by molar-refractivity contribution is 0.0473. The second-order valence-electron chi connectivity index (χ2n) is 7.08. The molecule has 2 fully saturated rings. The predicted octanol–water partition coefficient (Wildman–Crippen LogP) is 3.28. The third-order valence-corrected chi connectivity index (χ3v) is 5.22. The first-order valence-corrected chi connectivity index (χ1v) is 9.02. The summed E-state index contributed by atoms with van der Waals surface area (Å²) in [5.41, 5.74) is 8.97. The fraction of sp³-hybridized carbons (Fsp3) is 0.611. The molecule has 0 aromatic heterocycles. The van der Waals surface area contributed by atoms with E-state index in [-0.39, 0.29) is 12.1 Å². The van der Waals surface area contributed by atoms with E-state index in [1.54, 1.807) is 6.07 Å². The molecular weight excluding hydrogens is 326 g/mol. The molecule has 1 saturated carbocycles. The van der Waals surface area contributed by atoms with Crippen molar-refractivity contribution in [2.24, 2.45) is 5.92 Å². The number of rotatable bonds is 4. The van der Waals surface area contributed by atoms with Crippen LogP contribution in [0, 0.1) is 12.8 Å². The van der Waals surface area contributed by atoms with E-state index < -0.39 is 0 Å². The molecule has 1 aliphatic carbocycles. The van der Waals surface area contributed by atoms with E-state index in [1.165, 1.54) is 12.8 Å². The van der Waals surface area contributed by atoms with Crippen LogP contribution in [0.3, 0.4) is 0 Å². The SMILES string of the molecule is Cc1c(N)cc(Cl)cc1CN1CCN(C(=O)OCC2CC2)[C@@H](C)C1. The van der Waals surface area contributed by atoms with Gasteiger partial charge in [-0.2, -0.15) is 0 Å². The van der Waals surface area contributed by atoms with Crippen molar-refractivity contribution in [2.45, 2.75) is 39.3 Å². The fourth-order valence-electron chi connectivity index (χ4n) is 3.17. The third-order valence-electron chi connectivity index (χ3n) is 5.00. The quantitative estimate of drug-likeness (QED) is 0.846. The number of nitrogens with zero attached hydrogens (tertiary/aromatic N) is 2. The molecule has 5 nitrogen and oxygen atoms in total. The summed E-state index contributed by atoms with van der Waals surface area (Å²) in [5.74, 6) is 0.599. The number of carbonyl (C=O) groups is 1. The maximum absolute atomic E-state index is 12.2. The smallest absolute Gasteiger partial charge is 0.410 e. The fourth-order valence-corrected chi connectivity index (χ4v) is 3.42. The van der Waals surface area contributed by atoms with Gasteiger partial charge in [-0.1, -0.05) is 11.6 Å². The van der Waals surface area contributed by atoms with Crippen LogP contribution < -0.4 is 5.73 Å². The maximum Gasteiger partial charge on any atom is 0.410 e. The Hall–Kier alpha value is -1.46. The standard InChI is InChI=1S/C18H26ClN3O2/c1-12-9-21(10-15-7-16(19)8-17(20)13(15)2)5-6-22(12)18(23)24-11-14-3-4-14/h7-8,12,14H,3-6,9-11,20H2,1-2H3/t12-/m0/s1. The van der Waals surface area contributed by atoms with Crippen LogP contribution in [0.1, 0.15) is 30.9 Å². The molecule has 1 aromatic rings. The van der Waals surface area contributed by atoms with Crippen LogP contribution in [0.2, 0.25) is 5.02 Å². The van der Waals surface area contributed by atoms with Gasteiger partial charge in [0.15, 0.2) is 0 Å². The van der Waals surface area contributed by atoms with E-state index in [4.69, 9.17) is 22.1 Å². The van der Waals surface area contributed by atoms with Gasteiger partial charge >= 0.3 is 6.09 Å². The second kappa shape index (κ2) is 7.19. The zero-order valence-corrected chi connectivity index (χ0v) is 15.2. The molecule has 2 N–H and O–H groups in total. The van der Waals surface area contributed by atoms with Gasteiger partial charge in [0.2, 0.25) is 0 Å². The molecule has 0 radical (unpaired) electrons. The van der Waals surface area contributed by atoms with Gasteiger partial charge in [0.1, 0.15) is 0 Å². The highest BCUT2D eigenvalue weighted by Gasteiger charge is 2.30. The Labute approximate surface area is 148 Å². The molecular formula is C18H26ClN3O2. The Morgan fingerprint density at radius 3 is 2.79 bits per heavy atom. The molecule has 0 bridgehead atoms. The first kappa shape index (κ1) is 17.4. The lowest BCUT2D eigenvalue weighted by Gasteiger charge is -2.39. The Morgan fingerprint density at radius 2 is 2.12 bits per heavy atom. The number of hydrogen-bond donors (Lipinski definition) is 1. The number of benzene rings is 1. The summed E-state index contributed by atoms with van der Waals surface area (Å²) in [6.07, 6.45) is 2.22. The molecule has 3 rings (SSSR count). The normalized spacial score (nSPS) is 21.8. The first-order valence-electron chi connectivity index (χ1n) is 8.64. The molecule has 1 amide bonds. The van der Waals surface area contributed by atoms with Crippen LogP contribution in [0.15, 0.2) is 12.1 Å². The van der Waals surface area contributed by atoms with E-state index in [0.717, 1.165) is 36.4 Å². The Bertz CT molecular complexity index is 619. The molecule has 0 spiro atoms. The Balaban J connectivity index is 1.56. The topological polar surface area (TPSA) is 58.8 Å². The molecule has 0 unspecified atom stereocenters. The molecule has 1 saturated heterocycles. The molecule has 1 aliphatic heterocycles. The van der Waals surface area contributed by atoms with Crippen molar-refractivity contribution < 1.29 is 9.53 Å². The van der Waals surface area contributed by atoms with Crippen molar-refractivity contribution in [3.63, 3.8) is 0 Å². The first-order chi connectivity index (χ1) is 11.4. The summed E-state index contributed by atoms with van der Waals surface area (Å²) in [7, 11) is 0.